The van der Waals surface area contributed by atoms with Gasteiger partial charge >= 0.3 is 5.97 Å². The molecule has 1 amide bonds. The number of unbranched alkanes of at least 4 members (excludes halogenated alkanes) is 1. The minimum atomic E-state index is -0.974. The fourth-order valence-corrected chi connectivity index (χ4v) is 1.47. The summed E-state index contributed by atoms with van der Waals surface area (Å²) in [7, 11) is 0. The van der Waals surface area contributed by atoms with Crippen LogP contribution in [-0.2, 0) is 11.2 Å². The minimum Gasteiger partial charge on any atom is -0.478 e. The second-order valence-corrected chi connectivity index (χ2v) is 3.89. The SMILES string of the molecule is CCCCNC(=O)Cc1cccc(C(=O)O)c1. The Labute approximate surface area is 101 Å². The van der Waals surface area contributed by atoms with E-state index in [4.69, 9.17) is 5.11 Å². The van der Waals surface area contributed by atoms with Crippen LogP contribution in [0.25, 0.3) is 0 Å². The van der Waals surface area contributed by atoms with E-state index in [0.29, 0.717) is 6.54 Å². The normalized spacial score (nSPS) is 9.94. The van der Waals surface area contributed by atoms with Gasteiger partial charge in [0.1, 0.15) is 0 Å². The third kappa shape index (κ3) is 4.68. The average Bonchev–Trinajstić information content (AvgIpc) is 2.29. The first kappa shape index (κ1) is 13.2. The summed E-state index contributed by atoms with van der Waals surface area (Å²) in [6, 6.07) is 6.45. The van der Waals surface area contributed by atoms with Crippen LogP contribution in [0.15, 0.2) is 24.3 Å². The first-order valence-corrected chi connectivity index (χ1v) is 5.72. The van der Waals surface area contributed by atoms with Crippen LogP contribution in [0.1, 0.15) is 35.7 Å². The number of carbonyl (C=O) groups excluding carboxylic acids is 1. The lowest BCUT2D eigenvalue weighted by atomic mass is 10.1. The number of hydrogen-bond donors (Lipinski definition) is 2. The Morgan fingerprint density at radius 2 is 2.12 bits per heavy atom. The van der Waals surface area contributed by atoms with Crippen molar-refractivity contribution in [3.63, 3.8) is 0 Å². The van der Waals surface area contributed by atoms with Gasteiger partial charge < -0.3 is 10.4 Å². The van der Waals surface area contributed by atoms with Gasteiger partial charge in [-0.2, -0.15) is 0 Å². The van der Waals surface area contributed by atoms with Gasteiger partial charge in [-0.25, -0.2) is 4.79 Å². The summed E-state index contributed by atoms with van der Waals surface area (Å²) in [5.41, 5.74) is 0.933. The summed E-state index contributed by atoms with van der Waals surface area (Å²) in [5, 5.41) is 11.6. The molecule has 17 heavy (non-hydrogen) atoms. The molecule has 4 heteroatoms. The Morgan fingerprint density at radius 1 is 1.35 bits per heavy atom. The molecule has 0 aliphatic heterocycles. The lowest BCUT2D eigenvalue weighted by molar-refractivity contribution is -0.120. The van der Waals surface area contributed by atoms with Gasteiger partial charge in [0, 0.05) is 6.54 Å². The van der Waals surface area contributed by atoms with E-state index >= 15 is 0 Å². The molecule has 0 spiro atoms. The number of carboxylic acid groups (broad SMARTS) is 1. The van der Waals surface area contributed by atoms with Crippen LogP contribution >= 0.6 is 0 Å². The molecule has 0 aliphatic rings. The van der Waals surface area contributed by atoms with Crippen molar-refractivity contribution < 1.29 is 14.7 Å². The number of benzene rings is 1. The predicted molar refractivity (Wildman–Crippen MR) is 65.0 cm³/mol. The van der Waals surface area contributed by atoms with Crippen molar-refractivity contribution >= 4 is 11.9 Å². The summed E-state index contributed by atoms with van der Waals surface area (Å²) in [6.07, 6.45) is 2.22. The Morgan fingerprint density at radius 3 is 2.76 bits per heavy atom. The molecule has 92 valence electrons. The van der Waals surface area contributed by atoms with E-state index in [-0.39, 0.29) is 17.9 Å². The summed E-state index contributed by atoms with van der Waals surface area (Å²) < 4.78 is 0. The van der Waals surface area contributed by atoms with Crippen molar-refractivity contribution in [1.29, 1.82) is 0 Å². The van der Waals surface area contributed by atoms with E-state index in [9.17, 15) is 9.59 Å². The van der Waals surface area contributed by atoms with E-state index in [1.165, 1.54) is 12.1 Å². The van der Waals surface area contributed by atoms with Gasteiger partial charge in [0.25, 0.3) is 0 Å². The maximum absolute atomic E-state index is 11.5. The number of rotatable bonds is 6. The lowest BCUT2D eigenvalue weighted by Gasteiger charge is -2.05. The molecule has 1 rings (SSSR count). The monoisotopic (exact) mass is 235 g/mol. The van der Waals surface area contributed by atoms with Crippen LogP contribution in [0, 0.1) is 0 Å². The fraction of sp³-hybridized carbons (Fsp3) is 0.385. The Balaban J connectivity index is 2.53. The Bertz CT molecular complexity index is 401. The molecule has 0 aromatic heterocycles. The maximum atomic E-state index is 11.5. The molecule has 0 fully saturated rings. The number of carboxylic acids is 1. The van der Waals surface area contributed by atoms with Gasteiger partial charge in [-0.15, -0.1) is 0 Å². The van der Waals surface area contributed by atoms with Gasteiger partial charge in [-0.1, -0.05) is 25.5 Å². The van der Waals surface area contributed by atoms with Crippen LogP contribution in [0.4, 0.5) is 0 Å². The zero-order valence-corrected chi connectivity index (χ0v) is 9.90. The molecule has 0 saturated heterocycles. The molecule has 0 heterocycles. The molecule has 4 nitrogen and oxygen atoms in total. The highest BCUT2D eigenvalue weighted by Gasteiger charge is 2.06. The van der Waals surface area contributed by atoms with Crippen molar-refractivity contribution in [1.82, 2.24) is 5.32 Å². The van der Waals surface area contributed by atoms with Crippen LogP contribution in [0.2, 0.25) is 0 Å². The van der Waals surface area contributed by atoms with E-state index < -0.39 is 5.97 Å². The number of carbonyl (C=O) groups is 2. The van der Waals surface area contributed by atoms with E-state index in [1.54, 1.807) is 12.1 Å². The molecule has 0 unspecified atom stereocenters. The number of hydrogen-bond acceptors (Lipinski definition) is 2. The summed E-state index contributed by atoms with van der Waals surface area (Å²) in [5.74, 6) is -1.04. The summed E-state index contributed by atoms with van der Waals surface area (Å²) in [6.45, 7) is 2.73. The van der Waals surface area contributed by atoms with Crippen LogP contribution in [0.5, 0.6) is 0 Å². The first-order chi connectivity index (χ1) is 8.13. The fourth-order valence-electron chi connectivity index (χ4n) is 1.47. The molecule has 0 atom stereocenters. The van der Waals surface area contributed by atoms with Gasteiger partial charge in [0.05, 0.1) is 12.0 Å². The van der Waals surface area contributed by atoms with Crippen LogP contribution in [-0.4, -0.2) is 23.5 Å². The highest BCUT2D eigenvalue weighted by molar-refractivity contribution is 5.88. The molecule has 0 saturated carbocycles. The van der Waals surface area contributed by atoms with Crippen LogP contribution < -0.4 is 5.32 Å². The van der Waals surface area contributed by atoms with Crippen molar-refractivity contribution in [2.45, 2.75) is 26.2 Å². The molecular weight excluding hydrogens is 218 g/mol. The Hall–Kier alpha value is -1.84. The zero-order chi connectivity index (χ0) is 12.7. The van der Waals surface area contributed by atoms with E-state index in [1.807, 2.05) is 0 Å². The predicted octanol–water partition coefficient (Wildman–Crippen LogP) is 1.84. The molecule has 1 aromatic carbocycles. The number of amides is 1. The van der Waals surface area contributed by atoms with Crippen LogP contribution in [0.3, 0.4) is 0 Å². The summed E-state index contributed by atoms with van der Waals surface area (Å²) in [4.78, 5) is 22.3. The van der Waals surface area contributed by atoms with Crippen molar-refractivity contribution in [2.24, 2.45) is 0 Å². The molecule has 0 radical (unpaired) electrons. The lowest BCUT2D eigenvalue weighted by Crippen LogP contribution is -2.26. The van der Waals surface area contributed by atoms with Crippen molar-refractivity contribution in [3.05, 3.63) is 35.4 Å². The van der Waals surface area contributed by atoms with E-state index in [0.717, 1.165) is 18.4 Å². The maximum Gasteiger partial charge on any atom is 0.335 e. The standard InChI is InChI=1S/C13H17NO3/c1-2-3-7-14-12(15)9-10-5-4-6-11(8-10)13(16)17/h4-6,8H,2-3,7,9H2,1H3,(H,14,15)(H,16,17). The molecule has 0 aliphatic carbocycles. The highest BCUT2D eigenvalue weighted by Crippen LogP contribution is 2.06. The second-order valence-electron chi connectivity index (χ2n) is 3.89. The highest BCUT2D eigenvalue weighted by atomic mass is 16.4. The zero-order valence-electron chi connectivity index (χ0n) is 9.90. The average molecular weight is 235 g/mol. The molecule has 1 aromatic rings. The molecular formula is C13H17NO3. The minimum absolute atomic E-state index is 0.0685. The van der Waals surface area contributed by atoms with Crippen molar-refractivity contribution in [2.75, 3.05) is 6.54 Å². The third-order valence-electron chi connectivity index (χ3n) is 2.39. The van der Waals surface area contributed by atoms with E-state index in [2.05, 4.69) is 12.2 Å². The molecule has 2 N–H and O–H groups in total. The first-order valence-electron chi connectivity index (χ1n) is 5.72. The van der Waals surface area contributed by atoms with Gasteiger partial charge in [0.15, 0.2) is 0 Å². The second kappa shape index (κ2) is 6.68. The van der Waals surface area contributed by atoms with Gasteiger partial charge in [-0.3, -0.25) is 4.79 Å². The largest absolute Gasteiger partial charge is 0.478 e. The van der Waals surface area contributed by atoms with Crippen molar-refractivity contribution in [3.8, 4) is 0 Å². The number of aromatic carboxylic acids is 1. The topological polar surface area (TPSA) is 66.4 Å². The summed E-state index contributed by atoms with van der Waals surface area (Å²) >= 11 is 0. The smallest absolute Gasteiger partial charge is 0.335 e. The van der Waals surface area contributed by atoms with Gasteiger partial charge in [-0.05, 0) is 24.1 Å². The Kier molecular flexibility index (Phi) is 5.20. The number of nitrogens with one attached hydrogen (secondary N) is 1. The third-order valence-corrected chi connectivity index (χ3v) is 2.39. The molecule has 0 bridgehead atoms. The van der Waals surface area contributed by atoms with Gasteiger partial charge in [0.2, 0.25) is 5.91 Å². The quantitative estimate of drug-likeness (QED) is 0.739.